The number of hydrogen-bond donors (Lipinski definition) is 1. The summed E-state index contributed by atoms with van der Waals surface area (Å²) in [6.07, 6.45) is 0. The fraction of sp³-hybridized carbons (Fsp3) is 0.133. The number of rotatable bonds is 3. The summed E-state index contributed by atoms with van der Waals surface area (Å²) in [5, 5.41) is 5.42. The van der Waals surface area contributed by atoms with Crippen molar-refractivity contribution in [1.29, 1.82) is 0 Å². The van der Waals surface area contributed by atoms with E-state index in [1.807, 2.05) is 0 Å². The van der Waals surface area contributed by atoms with Gasteiger partial charge in [0.05, 0.1) is 22.7 Å². The van der Waals surface area contributed by atoms with E-state index in [9.17, 15) is 9.18 Å². The number of halogens is 2. The summed E-state index contributed by atoms with van der Waals surface area (Å²) in [6.45, 7) is 1.79. The maximum atomic E-state index is 13.5. The Morgan fingerprint density at radius 1 is 1.36 bits per heavy atom. The average Bonchev–Trinajstić information content (AvgIpc) is 2.94. The number of nitrogens with zero attached hydrogens (tertiary/aromatic N) is 2. The third-order valence-electron chi connectivity index (χ3n) is 3.05. The smallest absolute Gasteiger partial charge is 0.258 e. The van der Waals surface area contributed by atoms with Crippen molar-refractivity contribution in [2.24, 2.45) is 0 Å². The van der Waals surface area contributed by atoms with Gasteiger partial charge >= 0.3 is 0 Å². The lowest BCUT2D eigenvalue weighted by molar-refractivity contribution is 0.102. The second-order valence-corrected chi connectivity index (χ2v) is 5.83. The molecule has 2 heterocycles. The molecule has 0 aliphatic heterocycles. The number of thiazole rings is 1. The Bertz CT molecular complexity index is 865. The van der Waals surface area contributed by atoms with Gasteiger partial charge in [0.15, 0.2) is 5.13 Å². The van der Waals surface area contributed by atoms with Crippen molar-refractivity contribution in [1.82, 2.24) is 9.97 Å². The molecule has 22 heavy (non-hydrogen) atoms. The van der Waals surface area contributed by atoms with Gasteiger partial charge < -0.3 is 0 Å². The summed E-state index contributed by atoms with van der Waals surface area (Å²) < 4.78 is 13.5. The molecule has 0 unspecified atom stereocenters. The standard InChI is InChI=1S/C15H11ClFN3OS/c1-8-4-12(11-5-9(17)2-3-13(11)18-8)14(21)20-15-19-10(6-16)7-22-15/h2-5,7H,6H2,1H3,(H,19,20,21). The molecule has 0 atom stereocenters. The number of anilines is 1. The zero-order chi connectivity index (χ0) is 15.7. The van der Waals surface area contributed by atoms with Gasteiger partial charge in [0.2, 0.25) is 0 Å². The third kappa shape index (κ3) is 2.93. The van der Waals surface area contributed by atoms with Crippen LogP contribution in [-0.4, -0.2) is 15.9 Å². The van der Waals surface area contributed by atoms with E-state index in [1.54, 1.807) is 24.4 Å². The molecule has 2 aromatic heterocycles. The number of pyridine rings is 1. The molecule has 1 aromatic carbocycles. The van der Waals surface area contributed by atoms with Crippen molar-refractivity contribution in [3.63, 3.8) is 0 Å². The predicted octanol–water partition coefficient (Wildman–Crippen LogP) is 4.13. The largest absolute Gasteiger partial charge is 0.298 e. The van der Waals surface area contributed by atoms with Crippen LogP contribution in [0.25, 0.3) is 10.9 Å². The monoisotopic (exact) mass is 335 g/mol. The van der Waals surface area contributed by atoms with Crippen molar-refractivity contribution < 1.29 is 9.18 Å². The minimum absolute atomic E-state index is 0.287. The summed E-state index contributed by atoms with van der Waals surface area (Å²) in [5.74, 6) is -0.475. The molecule has 0 aliphatic rings. The summed E-state index contributed by atoms with van der Waals surface area (Å²) in [7, 11) is 0. The Hall–Kier alpha value is -2.05. The van der Waals surface area contributed by atoms with Gasteiger partial charge in [-0.05, 0) is 31.2 Å². The minimum atomic E-state index is -0.411. The molecule has 0 radical (unpaired) electrons. The number of amides is 1. The van der Waals surface area contributed by atoms with Crippen LogP contribution in [0.1, 0.15) is 21.7 Å². The summed E-state index contributed by atoms with van der Waals surface area (Å²) in [6, 6.07) is 5.82. The van der Waals surface area contributed by atoms with E-state index < -0.39 is 5.82 Å². The van der Waals surface area contributed by atoms with E-state index in [0.29, 0.717) is 33.0 Å². The Morgan fingerprint density at radius 3 is 2.91 bits per heavy atom. The molecular formula is C15H11ClFN3OS. The van der Waals surface area contributed by atoms with E-state index in [-0.39, 0.29) is 11.8 Å². The van der Waals surface area contributed by atoms with Crippen LogP contribution < -0.4 is 5.32 Å². The number of hydrogen-bond acceptors (Lipinski definition) is 4. The molecule has 0 fully saturated rings. The normalized spacial score (nSPS) is 10.9. The topological polar surface area (TPSA) is 54.9 Å². The Labute approximate surface area is 135 Å². The number of aryl methyl sites for hydroxylation is 1. The van der Waals surface area contributed by atoms with Crippen LogP contribution in [0.4, 0.5) is 9.52 Å². The quantitative estimate of drug-likeness (QED) is 0.732. The van der Waals surface area contributed by atoms with Crippen LogP contribution in [0.2, 0.25) is 0 Å². The lowest BCUT2D eigenvalue weighted by Crippen LogP contribution is -2.13. The zero-order valence-electron chi connectivity index (χ0n) is 11.6. The van der Waals surface area contributed by atoms with Crippen molar-refractivity contribution >= 4 is 44.9 Å². The first-order valence-corrected chi connectivity index (χ1v) is 7.87. The van der Waals surface area contributed by atoms with Crippen molar-refractivity contribution in [2.45, 2.75) is 12.8 Å². The number of alkyl halides is 1. The fourth-order valence-corrected chi connectivity index (χ4v) is 3.04. The van der Waals surface area contributed by atoms with E-state index in [4.69, 9.17) is 11.6 Å². The molecule has 0 bridgehead atoms. The maximum absolute atomic E-state index is 13.5. The number of aromatic nitrogens is 2. The number of benzene rings is 1. The number of nitrogens with one attached hydrogen (secondary N) is 1. The van der Waals surface area contributed by atoms with Crippen LogP contribution in [0.15, 0.2) is 29.6 Å². The Balaban J connectivity index is 2.00. The molecule has 1 N–H and O–H groups in total. The van der Waals surface area contributed by atoms with Crippen LogP contribution in [-0.2, 0) is 5.88 Å². The average molecular weight is 336 g/mol. The number of carbonyl (C=O) groups is 1. The van der Waals surface area contributed by atoms with Gasteiger partial charge in [0, 0.05) is 16.5 Å². The van der Waals surface area contributed by atoms with Gasteiger partial charge in [-0.25, -0.2) is 9.37 Å². The van der Waals surface area contributed by atoms with Crippen LogP contribution in [0, 0.1) is 12.7 Å². The highest BCUT2D eigenvalue weighted by molar-refractivity contribution is 7.14. The molecule has 112 valence electrons. The van der Waals surface area contributed by atoms with Gasteiger partial charge in [0.1, 0.15) is 5.82 Å². The summed E-state index contributed by atoms with van der Waals surface area (Å²) >= 11 is 6.98. The van der Waals surface area contributed by atoms with E-state index in [2.05, 4.69) is 15.3 Å². The van der Waals surface area contributed by atoms with Crippen LogP contribution >= 0.6 is 22.9 Å². The summed E-state index contributed by atoms with van der Waals surface area (Å²) in [5.41, 5.74) is 2.32. The first-order chi connectivity index (χ1) is 10.6. The van der Waals surface area contributed by atoms with Gasteiger partial charge in [-0.1, -0.05) is 0 Å². The van der Waals surface area contributed by atoms with Crippen LogP contribution in [0.5, 0.6) is 0 Å². The molecule has 0 saturated carbocycles. The molecule has 3 rings (SSSR count). The van der Waals surface area contributed by atoms with Gasteiger partial charge in [-0.3, -0.25) is 15.1 Å². The molecular weight excluding hydrogens is 325 g/mol. The lowest BCUT2D eigenvalue weighted by atomic mass is 10.1. The van der Waals surface area contributed by atoms with E-state index in [0.717, 1.165) is 0 Å². The van der Waals surface area contributed by atoms with Crippen molar-refractivity contribution in [3.8, 4) is 0 Å². The molecule has 0 saturated heterocycles. The molecule has 1 amide bonds. The summed E-state index contributed by atoms with van der Waals surface area (Å²) in [4.78, 5) is 20.9. The highest BCUT2D eigenvalue weighted by Crippen LogP contribution is 2.22. The van der Waals surface area contributed by atoms with Crippen molar-refractivity contribution in [3.05, 3.63) is 52.4 Å². The lowest BCUT2D eigenvalue weighted by Gasteiger charge is -2.07. The molecule has 3 aromatic rings. The highest BCUT2D eigenvalue weighted by atomic mass is 35.5. The molecule has 0 aliphatic carbocycles. The second-order valence-electron chi connectivity index (χ2n) is 4.70. The first kappa shape index (κ1) is 14.9. The first-order valence-electron chi connectivity index (χ1n) is 6.45. The van der Waals surface area contributed by atoms with Gasteiger partial charge in [0.25, 0.3) is 5.91 Å². The minimum Gasteiger partial charge on any atom is -0.298 e. The Morgan fingerprint density at radius 2 is 2.18 bits per heavy atom. The molecule has 7 heteroatoms. The zero-order valence-corrected chi connectivity index (χ0v) is 13.1. The molecule has 0 spiro atoms. The highest BCUT2D eigenvalue weighted by Gasteiger charge is 2.14. The number of carbonyl (C=O) groups excluding carboxylic acids is 1. The van der Waals surface area contributed by atoms with Crippen LogP contribution in [0.3, 0.4) is 0 Å². The predicted molar refractivity (Wildman–Crippen MR) is 86.1 cm³/mol. The maximum Gasteiger partial charge on any atom is 0.258 e. The SMILES string of the molecule is Cc1cc(C(=O)Nc2nc(CCl)cs2)c2cc(F)ccc2n1. The van der Waals surface area contributed by atoms with E-state index in [1.165, 1.54) is 23.5 Å². The number of fused-ring (bicyclic) bond motifs is 1. The van der Waals surface area contributed by atoms with Crippen molar-refractivity contribution in [2.75, 3.05) is 5.32 Å². The molecule has 4 nitrogen and oxygen atoms in total. The van der Waals surface area contributed by atoms with E-state index >= 15 is 0 Å². The second kappa shape index (κ2) is 5.98. The Kier molecular flexibility index (Phi) is 4.04. The fourth-order valence-electron chi connectivity index (χ4n) is 2.11. The third-order valence-corrected chi connectivity index (χ3v) is 4.13. The van der Waals surface area contributed by atoms with Gasteiger partial charge in [-0.15, -0.1) is 22.9 Å². The van der Waals surface area contributed by atoms with Gasteiger partial charge in [-0.2, -0.15) is 0 Å².